The summed E-state index contributed by atoms with van der Waals surface area (Å²) in [6.45, 7) is 6.45. The Morgan fingerprint density at radius 3 is 2.48 bits per heavy atom. The fourth-order valence-electron chi connectivity index (χ4n) is 3.70. The summed E-state index contributed by atoms with van der Waals surface area (Å²) in [5, 5.41) is 3.54. The van der Waals surface area contributed by atoms with Gasteiger partial charge >= 0.3 is 0 Å². The van der Waals surface area contributed by atoms with Gasteiger partial charge in [-0.15, -0.1) is 0 Å². The van der Waals surface area contributed by atoms with Gasteiger partial charge in [-0.1, -0.05) is 36.7 Å². The zero-order valence-electron chi connectivity index (χ0n) is 17.0. The number of sulfonamides is 1. The van der Waals surface area contributed by atoms with E-state index in [1.165, 1.54) is 27.6 Å². The highest BCUT2D eigenvalue weighted by atomic mass is 35.5. The van der Waals surface area contributed by atoms with Gasteiger partial charge in [0.15, 0.2) is 0 Å². The molecule has 0 aromatic heterocycles. The quantitative estimate of drug-likeness (QED) is 0.733. The summed E-state index contributed by atoms with van der Waals surface area (Å²) in [5.74, 6) is -0.245. The molecule has 0 radical (unpaired) electrons. The normalized spacial score (nSPS) is 18.6. The molecule has 7 heteroatoms. The van der Waals surface area contributed by atoms with Gasteiger partial charge in [0.25, 0.3) is 0 Å². The van der Waals surface area contributed by atoms with Crippen LogP contribution in [0.3, 0.4) is 0 Å². The maximum absolute atomic E-state index is 13.1. The summed E-state index contributed by atoms with van der Waals surface area (Å²) >= 11 is 5.88. The van der Waals surface area contributed by atoms with Crippen molar-refractivity contribution in [2.24, 2.45) is 0 Å². The Kier molecular flexibility index (Phi) is 6.66. The lowest BCUT2D eigenvalue weighted by atomic mass is 9.99. The molecule has 3 rings (SSSR count). The molecular weight excluding hydrogens is 408 g/mol. The smallest absolute Gasteiger partial charge is 0.243 e. The molecule has 1 aliphatic rings. The molecule has 156 valence electrons. The van der Waals surface area contributed by atoms with Gasteiger partial charge in [0, 0.05) is 11.6 Å². The number of hydrogen-bond acceptors (Lipinski definition) is 3. The third-order valence-electron chi connectivity index (χ3n) is 5.58. The van der Waals surface area contributed by atoms with Crippen LogP contribution < -0.4 is 5.32 Å². The van der Waals surface area contributed by atoms with Crippen molar-refractivity contribution in [3.63, 3.8) is 0 Å². The topological polar surface area (TPSA) is 66.5 Å². The number of hydrogen-bond donors (Lipinski definition) is 1. The Morgan fingerprint density at radius 1 is 1.17 bits per heavy atom. The highest BCUT2D eigenvalue weighted by Gasteiger charge is 2.39. The number of rotatable bonds is 6. The largest absolute Gasteiger partial charge is 0.348 e. The molecule has 1 fully saturated rings. The second kappa shape index (κ2) is 8.86. The van der Waals surface area contributed by atoms with Gasteiger partial charge in [0.05, 0.1) is 10.9 Å². The first-order chi connectivity index (χ1) is 13.7. The lowest BCUT2D eigenvalue weighted by molar-refractivity contribution is -0.125. The van der Waals surface area contributed by atoms with E-state index in [2.05, 4.69) is 18.3 Å². The first kappa shape index (κ1) is 21.8. The molecule has 1 heterocycles. The fraction of sp³-hybridized carbons (Fsp3) is 0.409. The molecular formula is C22H27ClN2O3S. The minimum atomic E-state index is -3.76. The molecule has 1 saturated heterocycles. The molecule has 1 N–H and O–H groups in total. The Hall–Kier alpha value is -1.89. The summed E-state index contributed by atoms with van der Waals surface area (Å²) in [5.41, 5.74) is 3.41. The number of nitrogens with one attached hydrogen (secondary N) is 1. The highest BCUT2D eigenvalue weighted by Crippen LogP contribution is 2.28. The third-order valence-corrected chi connectivity index (χ3v) is 7.76. The second-order valence-electron chi connectivity index (χ2n) is 7.54. The van der Waals surface area contributed by atoms with Crippen LogP contribution in [0.15, 0.2) is 47.4 Å². The molecule has 0 aliphatic carbocycles. The summed E-state index contributed by atoms with van der Waals surface area (Å²) in [6, 6.07) is 11.4. The van der Waals surface area contributed by atoms with E-state index in [4.69, 9.17) is 11.6 Å². The first-order valence-corrected chi connectivity index (χ1v) is 11.7. The van der Waals surface area contributed by atoms with Gasteiger partial charge in [0.2, 0.25) is 15.9 Å². The van der Waals surface area contributed by atoms with Gasteiger partial charge in [-0.2, -0.15) is 4.31 Å². The molecule has 0 unspecified atom stereocenters. The van der Waals surface area contributed by atoms with Crippen LogP contribution in [0.1, 0.15) is 48.9 Å². The van der Waals surface area contributed by atoms with Gasteiger partial charge in [-0.25, -0.2) is 8.42 Å². The van der Waals surface area contributed by atoms with E-state index in [1.54, 1.807) is 12.1 Å². The number of carbonyl (C=O) groups is 1. The van der Waals surface area contributed by atoms with E-state index in [9.17, 15) is 13.2 Å². The third kappa shape index (κ3) is 4.65. The van der Waals surface area contributed by atoms with E-state index >= 15 is 0 Å². The number of carbonyl (C=O) groups excluding carboxylic acids is 1. The molecule has 2 aromatic carbocycles. The van der Waals surface area contributed by atoms with Crippen LogP contribution in [0, 0.1) is 13.8 Å². The summed E-state index contributed by atoms with van der Waals surface area (Å²) in [6.07, 6.45) is 1.90. The predicted octanol–water partition coefficient (Wildman–Crippen LogP) is 4.38. The Labute approximate surface area is 178 Å². The first-order valence-electron chi connectivity index (χ1n) is 9.89. The molecule has 0 saturated carbocycles. The molecule has 2 atom stereocenters. The lowest BCUT2D eigenvalue weighted by Crippen LogP contribution is -2.46. The average Bonchev–Trinajstić information content (AvgIpc) is 3.19. The van der Waals surface area contributed by atoms with Gasteiger partial charge in [-0.3, -0.25) is 4.79 Å². The van der Waals surface area contributed by atoms with Crippen molar-refractivity contribution in [3.8, 4) is 0 Å². The number of amides is 1. The summed E-state index contributed by atoms with van der Waals surface area (Å²) < 4.78 is 27.5. The second-order valence-corrected chi connectivity index (χ2v) is 9.87. The molecule has 0 spiro atoms. The van der Waals surface area contributed by atoms with E-state index in [0.717, 1.165) is 12.0 Å². The van der Waals surface area contributed by atoms with Crippen molar-refractivity contribution >= 4 is 27.5 Å². The zero-order valence-corrected chi connectivity index (χ0v) is 18.6. The minimum Gasteiger partial charge on any atom is -0.348 e. The molecule has 1 aliphatic heterocycles. The van der Waals surface area contributed by atoms with Gasteiger partial charge < -0.3 is 5.32 Å². The van der Waals surface area contributed by atoms with E-state index in [-0.39, 0.29) is 16.8 Å². The molecule has 0 bridgehead atoms. The van der Waals surface area contributed by atoms with Crippen LogP contribution in [-0.2, 0) is 14.8 Å². The number of benzene rings is 2. The van der Waals surface area contributed by atoms with Crippen LogP contribution in [0.4, 0.5) is 0 Å². The van der Waals surface area contributed by atoms with Crippen LogP contribution in [0.5, 0.6) is 0 Å². The van der Waals surface area contributed by atoms with Crippen molar-refractivity contribution in [3.05, 3.63) is 64.2 Å². The molecule has 5 nitrogen and oxygen atoms in total. The van der Waals surface area contributed by atoms with E-state index in [1.807, 2.05) is 26.0 Å². The van der Waals surface area contributed by atoms with Gasteiger partial charge in [0.1, 0.15) is 6.04 Å². The summed E-state index contributed by atoms with van der Waals surface area (Å²) in [7, 11) is -3.76. The van der Waals surface area contributed by atoms with Crippen molar-refractivity contribution in [1.82, 2.24) is 9.62 Å². The van der Waals surface area contributed by atoms with E-state index in [0.29, 0.717) is 24.4 Å². The van der Waals surface area contributed by atoms with Crippen molar-refractivity contribution in [2.75, 3.05) is 6.54 Å². The number of halogens is 1. The molecule has 2 aromatic rings. The van der Waals surface area contributed by atoms with Crippen LogP contribution in [0.2, 0.25) is 5.02 Å². The number of nitrogens with zero attached hydrogens (tertiary/aromatic N) is 1. The Balaban J connectivity index is 1.80. The predicted molar refractivity (Wildman–Crippen MR) is 115 cm³/mol. The van der Waals surface area contributed by atoms with Crippen LogP contribution in [0.25, 0.3) is 0 Å². The summed E-state index contributed by atoms with van der Waals surface area (Å²) in [4.78, 5) is 13.2. The van der Waals surface area contributed by atoms with Crippen LogP contribution in [-0.4, -0.2) is 31.2 Å². The maximum Gasteiger partial charge on any atom is 0.243 e. The minimum absolute atomic E-state index is 0.150. The van der Waals surface area contributed by atoms with Crippen molar-refractivity contribution in [1.29, 1.82) is 0 Å². The SMILES string of the molecule is CC[C@@H](NC(=O)[C@H]1CCCN1S(=O)(=O)c1ccc(Cl)cc1)c1ccc(C)c(C)c1. The van der Waals surface area contributed by atoms with Crippen molar-refractivity contribution in [2.45, 2.75) is 57.0 Å². The fourth-order valence-corrected chi connectivity index (χ4v) is 5.48. The van der Waals surface area contributed by atoms with Gasteiger partial charge in [-0.05, 0) is 74.1 Å². The Bertz CT molecular complexity index is 990. The monoisotopic (exact) mass is 434 g/mol. The maximum atomic E-state index is 13.1. The molecule has 1 amide bonds. The Morgan fingerprint density at radius 2 is 1.86 bits per heavy atom. The average molecular weight is 435 g/mol. The lowest BCUT2D eigenvalue weighted by Gasteiger charge is -2.26. The van der Waals surface area contributed by atoms with E-state index < -0.39 is 16.1 Å². The molecule has 29 heavy (non-hydrogen) atoms. The van der Waals surface area contributed by atoms with Crippen molar-refractivity contribution < 1.29 is 13.2 Å². The standard InChI is InChI=1S/C22H27ClN2O3S/c1-4-20(17-8-7-15(2)16(3)14-17)24-22(26)21-6-5-13-25(21)29(27,28)19-11-9-18(23)10-12-19/h7-12,14,20-21H,4-6,13H2,1-3H3,(H,24,26)/t20-,21-/m1/s1. The highest BCUT2D eigenvalue weighted by molar-refractivity contribution is 7.89. The number of aryl methyl sites for hydroxylation is 2. The van der Waals surface area contributed by atoms with Crippen LogP contribution >= 0.6 is 11.6 Å². The zero-order chi connectivity index (χ0) is 21.2.